The third kappa shape index (κ3) is 5.72. The highest BCUT2D eigenvalue weighted by Crippen LogP contribution is 2.23. The van der Waals surface area contributed by atoms with Crippen LogP contribution in [0.1, 0.15) is 70.2 Å². The van der Waals surface area contributed by atoms with Crippen molar-refractivity contribution < 1.29 is 14.3 Å². The van der Waals surface area contributed by atoms with E-state index in [2.05, 4.69) is 20.8 Å². The van der Waals surface area contributed by atoms with Crippen molar-refractivity contribution in [3.05, 3.63) is 29.8 Å². The monoisotopic (exact) mass is 374 g/mol. The van der Waals surface area contributed by atoms with Gasteiger partial charge in [-0.05, 0) is 70.7 Å². The van der Waals surface area contributed by atoms with Gasteiger partial charge in [0, 0.05) is 30.7 Å². The number of carbonyl (C=O) groups excluding carboxylic acids is 2. The quantitative estimate of drug-likeness (QED) is 0.688. The van der Waals surface area contributed by atoms with Crippen LogP contribution in [-0.4, -0.2) is 53.4 Å². The summed E-state index contributed by atoms with van der Waals surface area (Å²) in [6.07, 6.45) is 5.36. The summed E-state index contributed by atoms with van der Waals surface area (Å²) >= 11 is 0. The third-order valence-electron chi connectivity index (χ3n) is 5.40. The molecule has 1 aliphatic heterocycles. The van der Waals surface area contributed by atoms with Crippen LogP contribution >= 0.6 is 0 Å². The standard InChI is InChI=1S/C22H34N2O3/c1-5-7-15-23(6-2)22(26)19-11-13-20(14-12-19)27-16-21(25)24-17(3)9-8-10-18(24)4/h11-14,17-18H,5-10,15-16H2,1-4H3. The van der Waals surface area contributed by atoms with Gasteiger partial charge in [-0.3, -0.25) is 9.59 Å². The number of amides is 2. The summed E-state index contributed by atoms with van der Waals surface area (Å²) in [4.78, 5) is 28.9. The Kier molecular flexibility index (Phi) is 8.14. The highest BCUT2D eigenvalue weighted by molar-refractivity contribution is 5.94. The maximum Gasteiger partial charge on any atom is 0.260 e. The predicted molar refractivity (Wildman–Crippen MR) is 108 cm³/mol. The van der Waals surface area contributed by atoms with Gasteiger partial charge in [0.1, 0.15) is 5.75 Å². The average Bonchev–Trinajstić information content (AvgIpc) is 2.67. The van der Waals surface area contributed by atoms with Crippen molar-refractivity contribution in [2.24, 2.45) is 0 Å². The van der Waals surface area contributed by atoms with Gasteiger partial charge in [0.2, 0.25) is 0 Å². The normalized spacial score (nSPS) is 19.6. The zero-order chi connectivity index (χ0) is 19.8. The molecule has 2 atom stereocenters. The Labute approximate surface area is 163 Å². The summed E-state index contributed by atoms with van der Waals surface area (Å²) < 4.78 is 5.69. The molecule has 27 heavy (non-hydrogen) atoms. The van der Waals surface area contributed by atoms with E-state index in [1.165, 1.54) is 6.42 Å². The lowest BCUT2D eigenvalue weighted by molar-refractivity contribution is -0.139. The molecule has 0 spiro atoms. The minimum absolute atomic E-state index is 0.0339. The van der Waals surface area contributed by atoms with Gasteiger partial charge in [-0.25, -0.2) is 0 Å². The number of benzene rings is 1. The van der Waals surface area contributed by atoms with Crippen LogP contribution in [0.15, 0.2) is 24.3 Å². The fraction of sp³-hybridized carbons (Fsp3) is 0.636. The zero-order valence-corrected chi connectivity index (χ0v) is 17.2. The van der Waals surface area contributed by atoms with E-state index in [0.29, 0.717) is 17.9 Å². The molecule has 0 N–H and O–H groups in total. The summed E-state index contributed by atoms with van der Waals surface area (Å²) in [5.41, 5.74) is 0.657. The highest BCUT2D eigenvalue weighted by Gasteiger charge is 2.29. The molecule has 5 nitrogen and oxygen atoms in total. The molecule has 0 aliphatic carbocycles. The van der Waals surface area contributed by atoms with Gasteiger partial charge in [-0.1, -0.05) is 13.3 Å². The average molecular weight is 375 g/mol. The molecule has 150 valence electrons. The van der Waals surface area contributed by atoms with Crippen molar-refractivity contribution >= 4 is 11.8 Å². The largest absolute Gasteiger partial charge is 0.484 e. The smallest absolute Gasteiger partial charge is 0.260 e. The number of likely N-dealkylation sites (tertiary alicyclic amines) is 1. The van der Waals surface area contributed by atoms with Crippen molar-refractivity contribution in [2.75, 3.05) is 19.7 Å². The van der Waals surface area contributed by atoms with E-state index < -0.39 is 0 Å². The summed E-state index contributed by atoms with van der Waals surface area (Å²) in [5, 5.41) is 0. The Bertz CT molecular complexity index is 604. The van der Waals surface area contributed by atoms with Gasteiger partial charge in [0.15, 0.2) is 6.61 Å². The van der Waals surface area contributed by atoms with Crippen molar-refractivity contribution in [2.45, 2.75) is 71.9 Å². The number of unbranched alkanes of at least 4 members (excludes halogenated alkanes) is 1. The second kappa shape index (κ2) is 10.3. The fourth-order valence-corrected chi connectivity index (χ4v) is 3.76. The molecule has 2 amide bonds. The van der Waals surface area contributed by atoms with Gasteiger partial charge in [0.05, 0.1) is 0 Å². The van der Waals surface area contributed by atoms with Gasteiger partial charge in [-0.15, -0.1) is 0 Å². The molecule has 0 bridgehead atoms. The molecule has 1 aromatic rings. The zero-order valence-electron chi connectivity index (χ0n) is 17.2. The molecule has 2 rings (SSSR count). The Morgan fingerprint density at radius 2 is 1.74 bits per heavy atom. The van der Waals surface area contributed by atoms with E-state index in [1.54, 1.807) is 24.3 Å². The number of carbonyl (C=O) groups is 2. The van der Waals surface area contributed by atoms with Crippen LogP contribution in [0, 0.1) is 0 Å². The first-order valence-electron chi connectivity index (χ1n) is 10.3. The highest BCUT2D eigenvalue weighted by atomic mass is 16.5. The number of ether oxygens (including phenoxy) is 1. The Hall–Kier alpha value is -2.04. The lowest BCUT2D eigenvalue weighted by atomic mass is 9.97. The van der Waals surface area contributed by atoms with E-state index in [4.69, 9.17) is 4.74 Å². The van der Waals surface area contributed by atoms with Crippen molar-refractivity contribution in [3.8, 4) is 5.75 Å². The first-order valence-corrected chi connectivity index (χ1v) is 10.3. The lowest BCUT2D eigenvalue weighted by Crippen LogP contribution is -2.49. The molecule has 2 unspecified atom stereocenters. The third-order valence-corrected chi connectivity index (χ3v) is 5.40. The molecule has 5 heteroatoms. The SMILES string of the molecule is CCCCN(CC)C(=O)c1ccc(OCC(=O)N2C(C)CCCC2C)cc1. The van der Waals surface area contributed by atoms with E-state index >= 15 is 0 Å². The minimum atomic E-state index is 0.0339. The van der Waals surface area contributed by atoms with Gasteiger partial charge in [-0.2, -0.15) is 0 Å². The summed E-state index contributed by atoms with van der Waals surface area (Å²) in [7, 11) is 0. The molecule has 0 aromatic heterocycles. The number of hydrogen-bond acceptors (Lipinski definition) is 3. The van der Waals surface area contributed by atoms with Crippen molar-refractivity contribution in [1.29, 1.82) is 0 Å². The van der Waals surface area contributed by atoms with E-state index in [1.807, 2.05) is 16.7 Å². The van der Waals surface area contributed by atoms with E-state index in [0.717, 1.165) is 32.2 Å². The van der Waals surface area contributed by atoms with Crippen LogP contribution in [0.25, 0.3) is 0 Å². The van der Waals surface area contributed by atoms with E-state index in [-0.39, 0.29) is 30.5 Å². The summed E-state index contributed by atoms with van der Waals surface area (Å²) in [5.74, 6) is 0.699. The maximum absolute atomic E-state index is 12.6. The number of nitrogens with zero attached hydrogens (tertiary/aromatic N) is 2. The number of piperidine rings is 1. The van der Waals surface area contributed by atoms with E-state index in [9.17, 15) is 9.59 Å². The molecule has 1 saturated heterocycles. The second-order valence-corrected chi connectivity index (χ2v) is 7.48. The second-order valence-electron chi connectivity index (χ2n) is 7.48. The van der Waals surface area contributed by atoms with Crippen LogP contribution in [0.3, 0.4) is 0 Å². The first-order chi connectivity index (χ1) is 13.0. The predicted octanol–water partition coefficient (Wildman–Crippen LogP) is 4.12. The minimum Gasteiger partial charge on any atom is -0.484 e. The molecular weight excluding hydrogens is 340 g/mol. The van der Waals surface area contributed by atoms with Crippen LogP contribution < -0.4 is 4.74 Å². The van der Waals surface area contributed by atoms with Crippen LogP contribution in [0.4, 0.5) is 0 Å². The molecule has 0 radical (unpaired) electrons. The molecule has 1 aliphatic rings. The molecule has 1 fully saturated rings. The summed E-state index contributed by atoms with van der Waals surface area (Å²) in [6.45, 7) is 9.86. The van der Waals surface area contributed by atoms with Crippen molar-refractivity contribution in [3.63, 3.8) is 0 Å². The maximum atomic E-state index is 12.6. The Balaban J connectivity index is 1.91. The molecule has 0 saturated carbocycles. The first kappa shape index (κ1) is 21.3. The van der Waals surface area contributed by atoms with Gasteiger partial charge < -0.3 is 14.5 Å². The van der Waals surface area contributed by atoms with Crippen LogP contribution in [0.5, 0.6) is 5.75 Å². The van der Waals surface area contributed by atoms with Crippen LogP contribution in [-0.2, 0) is 4.79 Å². The van der Waals surface area contributed by atoms with Crippen molar-refractivity contribution in [1.82, 2.24) is 9.80 Å². The van der Waals surface area contributed by atoms with Crippen LogP contribution in [0.2, 0.25) is 0 Å². The summed E-state index contributed by atoms with van der Waals surface area (Å²) in [6, 6.07) is 7.65. The Morgan fingerprint density at radius 3 is 2.30 bits per heavy atom. The molecule has 1 aromatic carbocycles. The van der Waals surface area contributed by atoms with Gasteiger partial charge in [0.25, 0.3) is 11.8 Å². The topological polar surface area (TPSA) is 49.9 Å². The number of rotatable bonds is 8. The lowest BCUT2D eigenvalue weighted by Gasteiger charge is -2.38. The fourth-order valence-electron chi connectivity index (χ4n) is 3.76. The molecular formula is C22H34N2O3. The Morgan fingerprint density at radius 1 is 1.11 bits per heavy atom. The molecule has 1 heterocycles. The number of hydrogen-bond donors (Lipinski definition) is 0. The van der Waals surface area contributed by atoms with Gasteiger partial charge >= 0.3 is 0 Å².